The number of methoxy groups -OCH3 is 1. The molecule has 0 radical (unpaired) electrons. The molecule has 0 bridgehead atoms. The third-order valence-electron chi connectivity index (χ3n) is 3.98. The molecule has 3 rings (SSSR count). The average Bonchev–Trinajstić information content (AvgIpc) is 2.62. The van der Waals surface area contributed by atoms with E-state index in [0.717, 1.165) is 28.5 Å². The number of carbonyl (C=O) groups is 1. The molecular formula is C19H21NO4. The van der Waals surface area contributed by atoms with Crippen molar-refractivity contribution in [2.45, 2.75) is 13.3 Å². The van der Waals surface area contributed by atoms with Gasteiger partial charge in [-0.15, -0.1) is 0 Å². The van der Waals surface area contributed by atoms with Gasteiger partial charge in [0.25, 0.3) is 0 Å². The van der Waals surface area contributed by atoms with E-state index in [-0.39, 0.29) is 11.8 Å². The van der Waals surface area contributed by atoms with Crippen LogP contribution in [0.4, 0.5) is 5.69 Å². The quantitative estimate of drug-likeness (QED) is 0.915. The van der Waals surface area contributed by atoms with Gasteiger partial charge in [-0.05, 0) is 61.4 Å². The summed E-state index contributed by atoms with van der Waals surface area (Å²) in [5, 5.41) is 2.93. The first-order valence-corrected chi connectivity index (χ1v) is 8.03. The lowest BCUT2D eigenvalue weighted by molar-refractivity contribution is -0.121. The van der Waals surface area contributed by atoms with Gasteiger partial charge < -0.3 is 19.5 Å². The minimum Gasteiger partial charge on any atom is -0.497 e. The van der Waals surface area contributed by atoms with Crippen LogP contribution in [-0.4, -0.2) is 26.2 Å². The molecule has 1 atom stereocenters. The summed E-state index contributed by atoms with van der Waals surface area (Å²) in [4.78, 5) is 12.5. The van der Waals surface area contributed by atoms with Gasteiger partial charge in [-0.3, -0.25) is 4.79 Å². The van der Waals surface area contributed by atoms with Gasteiger partial charge in [0.1, 0.15) is 23.9 Å². The van der Waals surface area contributed by atoms with E-state index in [9.17, 15) is 4.79 Å². The van der Waals surface area contributed by atoms with Crippen molar-refractivity contribution in [2.75, 3.05) is 25.6 Å². The molecule has 1 amide bonds. The van der Waals surface area contributed by atoms with Crippen LogP contribution in [0.5, 0.6) is 17.2 Å². The van der Waals surface area contributed by atoms with Gasteiger partial charge in [-0.25, -0.2) is 0 Å². The molecule has 0 saturated carbocycles. The zero-order valence-corrected chi connectivity index (χ0v) is 13.9. The van der Waals surface area contributed by atoms with Gasteiger partial charge in [0.05, 0.1) is 19.6 Å². The van der Waals surface area contributed by atoms with Gasteiger partial charge in [0, 0.05) is 5.69 Å². The van der Waals surface area contributed by atoms with E-state index in [2.05, 4.69) is 5.32 Å². The third kappa shape index (κ3) is 3.62. The maximum Gasteiger partial charge on any atom is 0.231 e. The SMILES string of the molecule is CCOc1ccc(NC(=O)[C@@H]2COc3ccc(OC)cc3C2)cc1. The van der Waals surface area contributed by atoms with Crippen molar-refractivity contribution in [1.82, 2.24) is 0 Å². The third-order valence-corrected chi connectivity index (χ3v) is 3.98. The zero-order chi connectivity index (χ0) is 16.9. The normalized spacial score (nSPS) is 15.8. The summed E-state index contributed by atoms with van der Waals surface area (Å²) in [6, 6.07) is 13.0. The second-order valence-corrected chi connectivity index (χ2v) is 5.63. The molecule has 126 valence electrons. The molecule has 1 aliphatic rings. The number of nitrogens with one attached hydrogen (secondary N) is 1. The highest BCUT2D eigenvalue weighted by Gasteiger charge is 2.26. The van der Waals surface area contributed by atoms with Crippen LogP contribution in [0.1, 0.15) is 12.5 Å². The van der Waals surface area contributed by atoms with Gasteiger partial charge in [-0.1, -0.05) is 0 Å². The summed E-state index contributed by atoms with van der Waals surface area (Å²) in [5.41, 5.74) is 1.74. The van der Waals surface area contributed by atoms with Crippen molar-refractivity contribution in [3.8, 4) is 17.2 Å². The Bertz CT molecular complexity index is 712. The standard InChI is InChI=1S/C19H21NO4/c1-3-23-16-6-4-15(5-7-16)20-19(21)14-10-13-11-17(22-2)8-9-18(13)24-12-14/h4-9,11,14H,3,10,12H2,1-2H3,(H,20,21)/t14-/m0/s1. The Hall–Kier alpha value is -2.69. The number of benzene rings is 2. The van der Waals surface area contributed by atoms with Crippen molar-refractivity contribution in [1.29, 1.82) is 0 Å². The maximum atomic E-state index is 12.5. The second kappa shape index (κ2) is 7.25. The predicted octanol–water partition coefficient (Wildman–Crippen LogP) is 3.28. The van der Waals surface area contributed by atoms with Crippen molar-refractivity contribution >= 4 is 11.6 Å². The molecule has 1 heterocycles. The van der Waals surface area contributed by atoms with E-state index in [1.165, 1.54) is 0 Å². The molecule has 1 aliphatic heterocycles. The Morgan fingerprint density at radius 3 is 2.67 bits per heavy atom. The van der Waals surface area contributed by atoms with Crippen molar-refractivity contribution < 1.29 is 19.0 Å². The fourth-order valence-corrected chi connectivity index (χ4v) is 2.71. The summed E-state index contributed by atoms with van der Waals surface area (Å²) >= 11 is 0. The van der Waals surface area contributed by atoms with E-state index in [1.807, 2.05) is 49.4 Å². The first-order chi connectivity index (χ1) is 11.7. The zero-order valence-electron chi connectivity index (χ0n) is 13.9. The van der Waals surface area contributed by atoms with E-state index < -0.39 is 0 Å². The fourth-order valence-electron chi connectivity index (χ4n) is 2.71. The lowest BCUT2D eigenvalue weighted by atomic mass is 9.95. The van der Waals surface area contributed by atoms with Crippen LogP contribution in [0.25, 0.3) is 0 Å². The highest BCUT2D eigenvalue weighted by molar-refractivity contribution is 5.93. The van der Waals surface area contributed by atoms with Crippen LogP contribution in [0.2, 0.25) is 0 Å². The number of anilines is 1. The molecule has 0 saturated heterocycles. The molecule has 2 aromatic rings. The van der Waals surface area contributed by atoms with Crippen LogP contribution in [0.3, 0.4) is 0 Å². The average molecular weight is 327 g/mol. The lowest BCUT2D eigenvalue weighted by Gasteiger charge is -2.25. The number of amides is 1. The number of hydrogen-bond acceptors (Lipinski definition) is 4. The Balaban J connectivity index is 1.65. The Kier molecular flexibility index (Phi) is 4.89. The molecule has 0 unspecified atom stereocenters. The van der Waals surface area contributed by atoms with Crippen LogP contribution in [0.15, 0.2) is 42.5 Å². The van der Waals surface area contributed by atoms with E-state index in [4.69, 9.17) is 14.2 Å². The maximum absolute atomic E-state index is 12.5. The minimum atomic E-state index is -0.226. The topological polar surface area (TPSA) is 56.8 Å². The highest BCUT2D eigenvalue weighted by Crippen LogP contribution is 2.31. The number of rotatable bonds is 5. The van der Waals surface area contributed by atoms with Crippen molar-refractivity contribution in [3.63, 3.8) is 0 Å². The van der Waals surface area contributed by atoms with Gasteiger partial charge in [-0.2, -0.15) is 0 Å². The molecule has 0 aromatic heterocycles. The number of ether oxygens (including phenoxy) is 3. The van der Waals surface area contributed by atoms with Crippen LogP contribution < -0.4 is 19.5 Å². The van der Waals surface area contributed by atoms with Gasteiger partial charge >= 0.3 is 0 Å². The Morgan fingerprint density at radius 2 is 1.96 bits per heavy atom. The Morgan fingerprint density at radius 1 is 1.21 bits per heavy atom. The first-order valence-electron chi connectivity index (χ1n) is 8.03. The number of carbonyl (C=O) groups excluding carboxylic acids is 1. The highest BCUT2D eigenvalue weighted by atomic mass is 16.5. The predicted molar refractivity (Wildman–Crippen MR) is 91.9 cm³/mol. The molecule has 2 aromatic carbocycles. The first kappa shape index (κ1) is 16.2. The van der Waals surface area contributed by atoms with E-state index in [0.29, 0.717) is 19.6 Å². The molecule has 0 spiro atoms. The molecule has 0 aliphatic carbocycles. The summed E-state index contributed by atoms with van der Waals surface area (Å²) < 4.78 is 16.3. The van der Waals surface area contributed by atoms with E-state index >= 15 is 0 Å². The largest absolute Gasteiger partial charge is 0.497 e. The summed E-state index contributed by atoms with van der Waals surface area (Å²) in [5.74, 6) is 2.10. The summed E-state index contributed by atoms with van der Waals surface area (Å²) in [6.07, 6.45) is 0.634. The Labute approximate surface area is 141 Å². The second-order valence-electron chi connectivity index (χ2n) is 5.63. The monoisotopic (exact) mass is 327 g/mol. The lowest BCUT2D eigenvalue weighted by Crippen LogP contribution is -2.32. The van der Waals surface area contributed by atoms with Crippen LogP contribution in [-0.2, 0) is 11.2 Å². The molecular weight excluding hydrogens is 306 g/mol. The summed E-state index contributed by atoms with van der Waals surface area (Å²) in [6.45, 7) is 2.93. The van der Waals surface area contributed by atoms with E-state index in [1.54, 1.807) is 7.11 Å². The molecule has 5 nitrogen and oxygen atoms in total. The summed E-state index contributed by atoms with van der Waals surface area (Å²) in [7, 11) is 1.63. The van der Waals surface area contributed by atoms with Gasteiger partial charge in [0.2, 0.25) is 5.91 Å². The van der Waals surface area contributed by atoms with Crippen LogP contribution in [0, 0.1) is 5.92 Å². The number of hydrogen-bond donors (Lipinski definition) is 1. The fraction of sp³-hybridized carbons (Fsp3) is 0.316. The molecule has 0 fully saturated rings. The van der Waals surface area contributed by atoms with Gasteiger partial charge in [0.15, 0.2) is 0 Å². The smallest absolute Gasteiger partial charge is 0.231 e. The molecule has 1 N–H and O–H groups in total. The molecule has 24 heavy (non-hydrogen) atoms. The molecule has 5 heteroatoms. The minimum absolute atomic E-state index is 0.0485. The van der Waals surface area contributed by atoms with Crippen molar-refractivity contribution in [2.24, 2.45) is 5.92 Å². The number of fused-ring (bicyclic) bond motifs is 1. The van der Waals surface area contributed by atoms with Crippen molar-refractivity contribution in [3.05, 3.63) is 48.0 Å². The van der Waals surface area contributed by atoms with Crippen LogP contribution >= 0.6 is 0 Å².